The van der Waals surface area contributed by atoms with Crippen LogP contribution in [0.3, 0.4) is 0 Å². The minimum Gasteiger partial charge on any atom is -0.496 e. The number of nitrogens with one attached hydrogen (secondary N) is 1. The molecule has 0 amide bonds. The summed E-state index contributed by atoms with van der Waals surface area (Å²) < 4.78 is 5.49. The third-order valence-electron chi connectivity index (χ3n) is 6.85. The average Bonchev–Trinajstić information content (AvgIpc) is 2.84. The normalized spacial score (nSPS) is 19.8. The van der Waals surface area contributed by atoms with Crippen LogP contribution in [0.5, 0.6) is 5.75 Å². The summed E-state index contributed by atoms with van der Waals surface area (Å²) in [4.78, 5) is 26.8. The first-order valence-corrected chi connectivity index (χ1v) is 11.4. The average molecular weight is 426 g/mol. The molecule has 4 heteroatoms. The lowest BCUT2D eigenvalue weighted by atomic mass is 9.79. The highest BCUT2D eigenvalue weighted by atomic mass is 16.5. The lowest BCUT2D eigenvalue weighted by molar-refractivity contribution is 0.0977. The monoisotopic (exact) mass is 425 g/mol. The van der Waals surface area contributed by atoms with Gasteiger partial charge < -0.3 is 10.1 Å². The maximum atomic E-state index is 13.5. The van der Waals surface area contributed by atoms with Crippen LogP contribution in [-0.4, -0.2) is 24.7 Å². The molecule has 2 aliphatic carbocycles. The molecule has 1 fully saturated rings. The summed E-state index contributed by atoms with van der Waals surface area (Å²) in [5.41, 5.74) is 3.79. The Balaban J connectivity index is 1.52. The van der Waals surface area contributed by atoms with Crippen molar-refractivity contribution in [1.82, 2.24) is 0 Å². The summed E-state index contributed by atoms with van der Waals surface area (Å²) in [6, 6.07) is 21.6. The van der Waals surface area contributed by atoms with Crippen molar-refractivity contribution >= 4 is 17.3 Å². The number of anilines is 1. The first-order valence-electron chi connectivity index (χ1n) is 11.4. The first-order chi connectivity index (χ1) is 15.7. The fourth-order valence-corrected chi connectivity index (χ4v) is 5.24. The molecule has 0 radical (unpaired) electrons. The highest BCUT2D eigenvalue weighted by Crippen LogP contribution is 2.39. The summed E-state index contributed by atoms with van der Waals surface area (Å²) in [5.74, 6) is 0.653. The second-order valence-electron chi connectivity index (χ2n) is 8.75. The smallest absolute Gasteiger partial charge is 0.198 e. The number of hydrogen-bond acceptors (Lipinski definition) is 4. The van der Waals surface area contributed by atoms with Gasteiger partial charge in [0.15, 0.2) is 11.6 Å². The molecular weight excluding hydrogens is 398 g/mol. The van der Waals surface area contributed by atoms with Gasteiger partial charge in [0.2, 0.25) is 0 Å². The van der Waals surface area contributed by atoms with E-state index in [1.54, 1.807) is 30.3 Å². The van der Waals surface area contributed by atoms with Gasteiger partial charge in [-0.1, -0.05) is 67.4 Å². The molecule has 3 aromatic carbocycles. The van der Waals surface area contributed by atoms with Crippen LogP contribution in [0.1, 0.15) is 63.1 Å². The number of ketones is 2. The van der Waals surface area contributed by atoms with E-state index in [2.05, 4.69) is 29.6 Å². The summed E-state index contributed by atoms with van der Waals surface area (Å²) >= 11 is 0. The maximum Gasteiger partial charge on any atom is 0.198 e. The molecule has 2 aliphatic rings. The molecule has 2 atom stereocenters. The van der Waals surface area contributed by atoms with E-state index in [0.717, 1.165) is 31.4 Å². The van der Waals surface area contributed by atoms with Gasteiger partial charge in [0.1, 0.15) is 5.75 Å². The molecule has 1 N–H and O–H groups in total. The van der Waals surface area contributed by atoms with Crippen molar-refractivity contribution in [2.24, 2.45) is 5.92 Å². The summed E-state index contributed by atoms with van der Waals surface area (Å²) in [5, 5.41) is 3.68. The molecule has 0 saturated heterocycles. The Morgan fingerprint density at radius 2 is 1.47 bits per heavy atom. The van der Waals surface area contributed by atoms with E-state index in [4.69, 9.17) is 4.74 Å². The van der Waals surface area contributed by atoms with Crippen molar-refractivity contribution in [3.05, 3.63) is 94.5 Å². The fraction of sp³-hybridized carbons (Fsp3) is 0.286. The van der Waals surface area contributed by atoms with E-state index in [0.29, 0.717) is 33.9 Å². The Labute approximate surface area is 188 Å². The Morgan fingerprint density at radius 1 is 0.812 bits per heavy atom. The van der Waals surface area contributed by atoms with Gasteiger partial charge in [-0.25, -0.2) is 0 Å². The summed E-state index contributed by atoms with van der Waals surface area (Å²) in [6.45, 7) is 0. The molecule has 5 rings (SSSR count). The third kappa shape index (κ3) is 3.60. The van der Waals surface area contributed by atoms with Crippen LogP contribution >= 0.6 is 0 Å². The van der Waals surface area contributed by atoms with Crippen LogP contribution in [0.25, 0.3) is 0 Å². The van der Waals surface area contributed by atoms with Crippen LogP contribution in [0.15, 0.2) is 66.7 Å². The van der Waals surface area contributed by atoms with Crippen LogP contribution in [-0.2, 0) is 6.42 Å². The Kier molecular flexibility index (Phi) is 5.52. The topological polar surface area (TPSA) is 55.4 Å². The van der Waals surface area contributed by atoms with Gasteiger partial charge in [0.25, 0.3) is 0 Å². The number of carbonyl (C=O) groups is 2. The minimum absolute atomic E-state index is 0.119. The van der Waals surface area contributed by atoms with Crippen molar-refractivity contribution in [1.29, 1.82) is 0 Å². The number of methoxy groups -OCH3 is 1. The van der Waals surface area contributed by atoms with Crippen molar-refractivity contribution in [3.63, 3.8) is 0 Å². The van der Waals surface area contributed by atoms with Crippen LogP contribution < -0.4 is 10.1 Å². The highest BCUT2D eigenvalue weighted by Gasteiger charge is 2.35. The molecule has 0 spiro atoms. The third-order valence-corrected chi connectivity index (χ3v) is 6.85. The number of ether oxygens (including phenoxy) is 1. The fourth-order valence-electron chi connectivity index (χ4n) is 5.24. The van der Waals surface area contributed by atoms with Crippen molar-refractivity contribution in [2.75, 3.05) is 12.4 Å². The Morgan fingerprint density at radius 3 is 2.19 bits per heavy atom. The summed E-state index contributed by atoms with van der Waals surface area (Å²) in [6.07, 6.45) is 5.60. The molecular formula is C28H27NO3. The molecule has 3 aromatic rings. The van der Waals surface area contributed by atoms with E-state index >= 15 is 0 Å². The molecule has 1 saturated carbocycles. The predicted octanol–water partition coefficient (Wildman–Crippen LogP) is 5.68. The molecule has 0 aromatic heterocycles. The van der Waals surface area contributed by atoms with E-state index < -0.39 is 0 Å². The predicted molar refractivity (Wildman–Crippen MR) is 126 cm³/mol. The zero-order chi connectivity index (χ0) is 22.1. The molecule has 162 valence electrons. The largest absolute Gasteiger partial charge is 0.496 e. The van der Waals surface area contributed by atoms with Crippen molar-refractivity contribution in [3.8, 4) is 5.75 Å². The van der Waals surface area contributed by atoms with Crippen LogP contribution in [0.2, 0.25) is 0 Å². The SMILES string of the molecule is COc1ccc(NC2CCCCC2Cc2ccccc2)c2c1C(=O)c1ccccc1C2=O. The Hall–Kier alpha value is -3.40. The number of carbonyl (C=O) groups excluding carboxylic acids is 2. The van der Waals surface area contributed by atoms with E-state index in [-0.39, 0.29) is 17.6 Å². The zero-order valence-corrected chi connectivity index (χ0v) is 18.3. The molecule has 0 bridgehead atoms. The highest BCUT2D eigenvalue weighted by molar-refractivity contribution is 6.31. The van der Waals surface area contributed by atoms with Crippen LogP contribution in [0.4, 0.5) is 5.69 Å². The second-order valence-corrected chi connectivity index (χ2v) is 8.75. The van der Waals surface area contributed by atoms with E-state index in [9.17, 15) is 9.59 Å². The van der Waals surface area contributed by atoms with Gasteiger partial charge in [-0.15, -0.1) is 0 Å². The minimum atomic E-state index is -0.153. The lowest BCUT2D eigenvalue weighted by Gasteiger charge is -2.34. The molecule has 0 aliphatic heterocycles. The number of hydrogen-bond donors (Lipinski definition) is 1. The lowest BCUT2D eigenvalue weighted by Crippen LogP contribution is -2.35. The standard InChI is InChI=1S/C28H27NO3/c1-32-24-16-15-23(25-26(24)28(31)21-13-7-6-12-20(21)27(25)30)29-22-14-8-5-11-19(22)17-18-9-3-2-4-10-18/h2-4,6-7,9-10,12-13,15-16,19,22,29H,5,8,11,14,17H2,1H3. The quantitative estimate of drug-likeness (QED) is 0.447. The van der Waals surface area contributed by atoms with Gasteiger partial charge in [-0.3, -0.25) is 9.59 Å². The molecule has 4 nitrogen and oxygen atoms in total. The van der Waals surface area contributed by atoms with Gasteiger partial charge in [0.05, 0.1) is 18.2 Å². The number of rotatable bonds is 5. The van der Waals surface area contributed by atoms with Gasteiger partial charge in [0, 0.05) is 22.9 Å². The van der Waals surface area contributed by atoms with E-state index in [1.807, 2.05) is 12.1 Å². The van der Waals surface area contributed by atoms with Crippen LogP contribution in [0, 0.1) is 5.92 Å². The Bertz CT molecular complexity index is 1170. The molecule has 2 unspecified atom stereocenters. The second kappa shape index (κ2) is 8.62. The zero-order valence-electron chi connectivity index (χ0n) is 18.3. The van der Waals surface area contributed by atoms with Gasteiger partial charge in [-0.05, 0) is 42.9 Å². The molecule has 0 heterocycles. The van der Waals surface area contributed by atoms with Crippen molar-refractivity contribution in [2.45, 2.75) is 38.1 Å². The van der Waals surface area contributed by atoms with Crippen molar-refractivity contribution < 1.29 is 14.3 Å². The maximum absolute atomic E-state index is 13.5. The molecule has 32 heavy (non-hydrogen) atoms. The summed E-state index contributed by atoms with van der Waals surface area (Å²) in [7, 11) is 1.54. The number of benzene rings is 3. The van der Waals surface area contributed by atoms with Gasteiger partial charge >= 0.3 is 0 Å². The number of fused-ring (bicyclic) bond motifs is 2. The van der Waals surface area contributed by atoms with E-state index in [1.165, 1.54) is 19.1 Å². The van der Waals surface area contributed by atoms with Gasteiger partial charge in [-0.2, -0.15) is 0 Å². The first kappa shape index (κ1) is 20.5.